The van der Waals surface area contributed by atoms with E-state index in [1.54, 1.807) is 44.4 Å². The molecular weight excluding hydrogens is 306 g/mol. The van der Waals surface area contributed by atoms with Crippen LogP contribution < -0.4 is 0 Å². The van der Waals surface area contributed by atoms with Crippen molar-refractivity contribution in [3.8, 4) is 12.1 Å². The Morgan fingerprint density at radius 2 is 2.05 bits per heavy atom. The molecule has 0 N–H and O–H groups in total. The molecule has 1 heterocycles. The first kappa shape index (κ1) is 17.6. The first-order chi connectivity index (χ1) is 10.2. The third-order valence-electron chi connectivity index (χ3n) is 2.85. The third kappa shape index (κ3) is 3.60. The molecule has 0 saturated heterocycles. The zero-order chi connectivity index (χ0) is 17.0. The van der Waals surface area contributed by atoms with E-state index in [0.717, 1.165) is 11.3 Å². The molecule has 1 aromatic rings. The van der Waals surface area contributed by atoms with Crippen molar-refractivity contribution in [2.45, 2.75) is 31.8 Å². The number of thiophene rings is 1. The Balaban J connectivity index is 3.53. The van der Waals surface area contributed by atoms with Gasteiger partial charge in [0.15, 0.2) is 11.3 Å². The molecule has 0 spiro atoms. The van der Waals surface area contributed by atoms with Gasteiger partial charge in [-0.3, -0.25) is 14.9 Å². The van der Waals surface area contributed by atoms with E-state index < -0.39 is 34.4 Å². The van der Waals surface area contributed by atoms with E-state index in [2.05, 4.69) is 0 Å². The molecule has 0 aromatic carbocycles. The number of nitro groups is 1. The zero-order valence-electron chi connectivity index (χ0n) is 12.4. The van der Waals surface area contributed by atoms with E-state index in [1.807, 2.05) is 0 Å². The quantitative estimate of drug-likeness (QED) is 0.466. The lowest BCUT2D eigenvalue weighted by Crippen LogP contribution is -2.50. The monoisotopic (exact) mass is 321 g/mol. The summed E-state index contributed by atoms with van der Waals surface area (Å²) in [6.45, 7) is 3.96. The highest BCUT2D eigenvalue weighted by Gasteiger charge is 2.55. The van der Waals surface area contributed by atoms with Crippen LogP contribution in [0.5, 0.6) is 0 Å². The van der Waals surface area contributed by atoms with E-state index in [1.165, 1.54) is 6.07 Å². The van der Waals surface area contributed by atoms with Gasteiger partial charge in [-0.15, -0.1) is 11.3 Å². The van der Waals surface area contributed by atoms with Gasteiger partial charge >= 0.3 is 5.97 Å². The van der Waals surface area contributed by atoms with Gasteiger partial charge in [0, 0.05) is 9.80 Å². The molecule has 0 bridgehead atoms. The van der Waals surface area contributed by atoms with Crippen LogP contribution in [0.4, 0.5) is 0 Å². The summed E-state index contributed by atoms with van der Waals surface area (Å²) < 4.78 is 5.27. The molecule has 0 saturated carbocycles. The van der Waals surface area contributed by atoms with Gasteiger partial charge in [0.2, 0.25) is 6.54 Å². The summed E-state index contributed by atoms with van der Waals surface area (Å²) in [4.78, 5) is 23.3. The Morgan fingerprint density at radius 1 is 1.45 bits per heavy atom. The lowest BCUT2D eigenvalue weighted by molar-refractivity contribution is -0.489. The Bertz CT molecular complexity index is 623. The fraction of sp³-hybridized carbons (Fsp3) is 0.500. The van der Waals surface area contributed by atoms with Crippen LogP contribution in [-0.2, 0) is 14.9 Å². The van der Waals surface area contributed by atoms with Gasteiger partial charge in [-0.25, -0.2) is 0 Å². The standard InChI is InChI=1S/C14H15N3O4S/c1-13(2,3)21-12(18)14(9-17(19)20,10(7-15)8-16)11-5-4-6-22-11/h4-6,10H,9H2,1-3H3/t14-/m1/s1. The van der Waals surface area contributed by atoms with Crippen LogP contribution >= 0.6 is 11.3 Å². The number of esters is 1. The van der Waals surface area contributed by atoms with Crippen LogP contribution in [0.1, 0.15) is 25.6 Å². The smallest absolute Gasteiger partial charge is 0.327 e. The molecule has 1 rings (SSSR count). The van der Waals surface area contributed by atoms with E-state index in [9.17, 15) is 25.4 Å². The number of carbonyl (C=O) groups excluding carboxylic acids is 1. The lowest BCUT2D eigenvalue weighted by Gasteiger charge is -2.31. The Labute approximate surface area is 131 Å². The Kier molecular flexibility index (Phi) is 5.23. The molecule has 1 aromatic heterocycles. The fourth-order valence-electron chi connectivity index (χ4n) is 1.95. The van der Waals surface area contributed by atoms with E-state index in [0.29, 0.717) is 0 Å². The van der Waals surface area contributed by atoms with Gasteiger partial charge in [0.1, 0.15) is 5.60 Å². The predicted molar refractivity (Wildman–Crippen MR) is 78.4 cm³/mol. The number of hydrogen-bond acceptors (Lipinski definition) is 7. The molecule has 0 fully saturated rings. The van der Waals surface area contributed by atoms with Crippen LogP contribution in [0.15, 0.2) is 17.5 Å². The summed E-state index contributed by atoms with van der Waals surface area (Å²) in [6.07, 6.45) is 0. The normalized spacial score (nSPS) is 13.7. The van der Waals surface area contributed by atoms with E-state index in [4.69, 9.17) is 4.74 Å². The molecule has 0 aliphatic carbocycles. The first-order valence-corrected chi connectivity index (χ1v) is 7.24. The fourth-order valence-corrected chi connectivity index (χ4v) is 2.89. The number of nitrogens with zero attached hydrogens (tertiary/aromatic N) is 3. The van der Waals surface area contributed by atoms with Crippen molar-refractivity contribution in [3.63, 3.8) is 0 Å². The number of hydrogen-bond donors (Lipinski definition) is 0. The van der Waals surface area contributed by atoms with Gasteiger partial charge in [-0.2, -0.15) is 10.5 Å². The minimum atomic E-state index is -1.94. The molecule has 116 valence electrons. The molecule has 0 aliphatic heterocycles. The minimum Gasteiger partial charge on any atom is -0.459 e. The molecular formula is C14H15N3O4S. The third-order valence-corrected chi connectivity index (χ3v) is 3.90. The van der Waals surface area contributed by atoms with Crippen molar-refractivity contribution in [2.75, 3.05) is 6.54 Å². The van der Waals surface area contributed by atoms with Gasteiger partial charge in [0.25, 0.3) is 0 Å². The summed E-state index contributed by atoms with van der Waals surface area (Å²) in [6, 6.07) is 6.49. The number of rotatable bonds is 5. The van der Waals surface area contributed by atoms with Crippen LogP contribution in [0, 0.1) is 38.7 Å². The van der Waals surface area contributed by atoms with Crippen molar-refractivity contribution in [3.05, 3.63) is 32.5 Å². The Hall–Kier alpha value is -2.45. The summed E-state index contributed by atoms with van der Waals surface area (Å²) in [5, 5.41) is 31.2. The second kappa shape index (κ2) is 6.54. The average molecular weight is 321 g/mol. The maximum atomic E-state index is 12.7. The average Bonchev–Trinajstić information content (AvgIpc) is 2.90. The van der Waals surface area contributed by atoms with E-state index in [-0.39, 0.29) is 4.88 Å². The number of carbonyl (C=O) groups is 1. The maximum Gasteiger partial charge on any atom is 0.327 e. The minimum absolute atomic E-state index is 0.270. The van der Waals surface area contributed by atoms with Gasteiger partial charge in [-0.05, 0) is 32.2 Å². The highest BCUT2D eigenvalue weighted by atomic mass is 32.1. The number of ether oxygens (including phenoxy) is 1. The van der Waals surface area contributed by atoms with Crippen molar-refractivity contribution in [1.29, 1.82) is 10.5 Å². The van der Waals surface area contributed by atoms with Crippen molar-refractivity contribution in [2.24, 2.45) is 5.92 Å². The highest BCUT2D eigenvalue weighted by Crippen LogP contribution is 2.38. The molecule has 8 heteroatoms. The Morgan fingerprint density at radius 3 is 2.41 bits per heavy atom. The van der Waals surface area contributed by atoms with Crippen LogP contribution in [-0.4, -0.2) is 23.0 Å². The predicted octanol–water partition coefficient (Wildman–Crippen LogP) is 2.27. The van der Waals surface area contributed by atoms with E-state index >= 15 is 0 Å². The summed E-state index contributed by atoms with van der Waals surface area (Å²) in [7, 11) is 0. The summed E-state index contributed by atoms with van der Waals surface area (Å²) in [5.74, 6) is -2.46. The van der Waals surface area contributed by atoms with Gasteiger partial charge in [-0.1, -0.05) is 6.07 Å². The molecule has 1 atom stereocenters. The SMILES string of the molecule is CC(C)(C)OC(=O)[C@@](C[N+](=O)[O-])(c1cccs1)C(C#N)C#N. The summed E-state index contributed by atoms with van der Waals surface area (Å²) >= 11 is 1.08. The van der Waals surface area contributed by atoms with Gasteiger partial charge < -0.3 is 4.74 Å². The molecule has 0 unspecified atom stereocenters. The lowest BCUT2D eigenvalue weighted by atomic mass is 9.75. The second-order valence-electron chi connectivity index (χ2n) is 5.63. The van der Waals surface area contributed by atoms with Crippen molar-refractivity contribution in [1.82, 2.24) is 0 Å². The van der Waals surface area contributed by atoms with Gasteiger partial charge in [0.05, 0.1) is 12.1 Å². The molecule has 0 amide bonds. The molecule has 0 aliphatic rings. The molecule has 7 nitrogen and oxygen atoms in total. The number of nitriles is 2. The van der Waals surface area contributed by atoms with Crippen molar-refractivity contribution >= 4 is 17.3 Å². The van der Waals surface area contributed by atoms with Crippen LogP contribution in [0.2, 0.25) is 0 Å². The first-order valence-electron chi connectivity index (χ1n) is 6.36. The second-order valence-corrected chi connectivity index (χ2v) is 6.58. The molecule has 0 radical (unpaired) electrons. The maximum absolute atomic E-state index is 12.7. The summed E-state index contributed by atoms with van der Waals surface area (Å²) in [5.41, 5.74) is -2.83. The van der Waals surface area contributed by atoms with Crippen LogP contribution in [0.3, 0.4) is 0 Å². The largest absolute Gasteiger partial charge is 0.459 e. The zero-order valence-corrected chi connectivity index (χ0v) is 13.2. The highest BCUT2D eigenvalue weighted by molar-refractivity contribution is 7.10. The topological polar surface area (TPSA) is 117 Å². The van der Waals surface area contributed by atoms with Crippen molar-refractivity contribution < 1.29 is 14.5 Å². The van der Waals surface area contributed by atoms with Crippen LogP contribution in [0.25, 0.3) is 0 Å². The molecule has 22 heavy (non-hydrogen) atoms.